The zero-order valence-electron chi connectivity index (χ0n) is 17.9. The molecule has 3 saturated carbocycles. The van der Waals surface area contributed by atoms with Crippen molar-refractivity contribution >= 4 is 10.0 Å². The summed E-state index contributed by atoms with van der Waals surface area (Å²) in [6.45, 7) is -0.656. The number of sulfonamides is 1. The average molecular weight is 463 g/mol. The van der Waals surface area contributed by atoms with E-state index in [-0.39, 0.29) is 11.8 Å². The molecule has 2 aromatic carbocycles. The second-order valence-electron chi connectivity index (χ2n) is 9.85. The van der Waals surface area contributed by atoms with E-state index >= 15 is 8.78 Å². The number of aliphatic hydroxyl groups excluding tert-OH is 1. The molecule has 0 spiro atoms. The van der Waals surface area contributed by atoms with Crippen molar-refractivity contribution in [1.29, 1.82) is 0 Å². The van der Waals surface area contributed by atoms with Crippen molar-refractivity contribution < 1.29 is 22.3 Å². The second kappa shape index (κ2) is 7.58. The fourth-order valence-electron chi connectivity index (χ4n) is 5.79. The molecule has 2 N–H and O–H groups in total. The number of benzene rings is 2. The van der Waals surface area contributed by atoms with Gasteiger partial charge >= 0.3 is 0 Å². The van der Waals surface area contributed by atoms with Crippen LogP contribution in [-0.4, -0.2) is 55.5 Å². The van der Waals surface area contributed by atoms with Crippen molar-refractivity contribution in [3.8, 4) is 11.1 Å². The Hall–Kier alpha value is -1.87. The number of halogens is 2. The van der Waals surface area contributed by atoms with E-state index < -0.39 is 40.8 Å². The Morgan fingerprint density at radius 1 is 1.09 bits per heavy atom. The first-order valence-corrected chi connectivity index (χ1v) is 12.9. The van der Waals surface area contributed by atoms with Gasteiger partial charge in [0.2, 0.25) is 10.0 Å². The van der Waals surface area contributed by atoms with Crippen molar-refractivity contribution in [1.82, 2.24) is 9.62 Å². The quantitative estimate of drug-likeness (QED) is 0.663. The minimum Gasteiger partial charge on any atom is -0.378 e. The Kier molecular flexibility index (Phi) is 5.20. The lowest BCUT2D eigenvalue weighted by molar-refractivity contribution is -0.236. The van der Waals surface area contributed by atoms with Crippen molar-refractivity contribution in [3.63, 3.8) is 0 Å². The molecule has 3 atom stereocenters. The third kappa shape index (κ3) is 3.87. The lowest BCUT2D eigenvalue weighted by atomic mass is 9.43. The van der Waals surface area contributed by atoms with Gasteiger partial charge in [0.05, 0.1) is 12.8 Å². The van der Waals surface area contributed by atoms with E-state index in [0.29, 0.717) is 5.92 Å². The molecule has 1 saturated heterocycles. The van der Waals surface area contributed by atoms with Gasteiger partial charge in [-0.15, -0.1) is 0 Å². The SMILES string of the molecule is CS(=O)(=O)N[C@@H]1[C@H](Cc2cccc(-c3ccccc3)c2)N(C(O)C23CC(C2)C3)CC1(F)F. The van der Waals surface area contributed by atoms with Crippen LogP contribution in [0.15, 0.2) is 54.6 Å². The molecule has 4 aliphatic rings. The lowest BCUT2D eigenvalue weighted by Gasteiger charge is -2.65. The monoisotopic (exact) mass is 462 g/mol. The minimum absolute atomic E-state index is 0.208. The Morgan fingerprint density at radius 3 is 2.34 bits per heavy atom. The number of hydrogen-bond acceptors (Lipinski definition) is 4. The molecule has 172 valence electrons. The minimum atomic E-state index is -3.86. The van der Waals surface area contributed by atoms with Gasteiger partial charge in [-0.2, -0.15) is 0 Å². The molecule has 0 aromatic heterocycles. The molecule has 3 aliphatic carbocycles. The van der Waals surface area contributed by atoms with Gasteiger partial charge in [0.1, 0.15) is 12.3 Å². The number of alkyl halides is 2. The Labute approximate surface area is 187 Å². The van der Waals surface area contributed by atoms with Crippen molar-refractivity contribution in [2.24, 2.45) is 11.3 Å². The van der Waals surface area contributed by atoms with Gasteiger partial charge in [-0.1, -0.05) is 54.6 Å². The maximum Gasteiger partial charge on any atom is 0.278 e. The van der Waals surface area contributed by atoms with Gasteiger partial charge < -0.3 is 5.11 Å². The highest BCUT2D eigenvalue weighted by Gasteiger charge is 2.66. The molecule has 2 bridgehead atoms. The van der Waals surface area contributed by atoms with Crippen molar-refractivity contribution in [3.05, 3.63) is 60.2 Å². The average Bonchev–Trinajstić information content (AvgIpc) is 2.90. The van der Waals surface area contributed by atoms with Crippen LogP contribution in [0.5, 0.6) is 0 Å². The van der Waals surface area contributed by atoms with Gasteiger partial charge in [0.15, 0.2) is 0 Å². The van der Waals surface area contributed by atoms with Gasteiger partial charge in [0.25, 0.3) is 5.92 Å². The summed E-state index contributed by atoms with van der Waals surface area (Å²) < 4.78 is 56.2. The summed E-state index contributed by atoms with van der Waals surface area (Å²) in [6.07, 6.45) is 2.69. The zero-order chi connectivity index (χ0) is 22.7. The van der Waals surface area contributed by atoms with Gasteiger partial charge in [-0.05, 0) is 48.3 Å². The van der Waals surface area contributed by atoms with Crippen LogP contribution in [0.1, 0.15) is 24.8 Å². The molecule has 1 unspecified atom stereocenters. The third-order valence-corrected chi connectivity index (χ3v) is 8.11. The molecule has 0 radical (unpaired) electrons. The van der Waals surface area contributed by atoms with Gasteiger partial charge in [0, 0.05) is 11.5 Å². The molecule has 2 aromatic rings. The van der Waals surface area contributed by atoms with E-state index in [1.54, 1.807) is 0 Å². The molecule has 4 fully saturated rings. The first-order chi connectivity index (χ1) is 15.1. The number of nitrogens with zero attached hydrogens (tertiary/aromatic N) is 1. The maximum absolute atomic E-state index is 15.1. The molecular weight excluding hydrogens is 434 g/mol. The van der Waals surface area contributed by atoms with E-state index in [1.807, 2.05) is 54.6 Å². The van der Waals surface area contributed by atoms with Crippen LogP contribution in [0.25, 0.3) is 11.1 Å². The van der Waals surface area contributed by atoms with Gasteiger partial charge in [-0.25, -0.2) is 21.9 Å². The molecule has 5 nitrogen and oxygen atoms in total. The van der Waals surface area contributed by atoms with E-state index in [9.17, 15) is 13.5 Å². The fourth-order valence-corrected chi connectivity index (χ4v) is 6.58. The highest BCUT2D eigenvalue weighted by Crippen LogP contribution is 2.67. The fraction of sp³-hybridized carbons (Fsp3) is 0.500. The Balaban J connectivity index is 1.47. The first-order valence-electron chi connectivity index (χ1n) is 11.0. The number of likely N-dealkylation sites (tertiary alicyclic amines) is 1. The number of hydrogen-bond donors (Lipinski definition) is 2. The van der Waals surface area contributed by atoms with Crippen LogP contribution in [-0.2, 0) is 16.4 Å². The molecular formula is C24H28F2N2O3S. The molecule has 8 heteroatoms. The molecule has 1 aliphatic heterocycles. The van der Waals surface area contributed by atoms with E-state index in [4.69, 9.17) is 0 Å². The summed E-state index contributed by atoms with van der Waals surface area (Å²) >= 11 is 0. The molecule has 0 amide bonds. The van der Waals surface area contributed by atoms with Crippen LogP contribution in [0.4, 0.5) is 8.78 Å². The largest absolute Gasteiger partial charge is 0.378 e. The zero-order valence-corrected chi connectivity index (χ0v) is 18.7. The predicted molar refractivity (Wildman–Crippen MR) is 119 cm³/mol. The highest BCUT2D eigenvalue weighted by atomic mass is 32.2. The number of aliphatic hydroxyl groups is 1. The van der Waals surface area contributed by atoms with E-state index in [0.717, 1.165) is 42.2 Å². The topological polar surface area (TPSA) is 69.6 Å². The maximum atomic E-state index is 15.1. The van der Waals surface area contributed by atoms with Crippen LogP contribution < -0.4 is 4.72 Å². The summed E-state index contributed by atoms with van der Waals surface area (Å²) in [6, 6.07) is 15.0. The van der Waals surface area contributed by atoms with Crippen LogP contribution in [0.2, 0.25) is 0 Å². The van der Waals surface area contributed by atoms with E-state index in [2.05, 4.69) is 4.72 Å². The summed E-state index contributed by atoms with van der Waals surface area (Å²) in [5.41, 5.74) is 2.49. The van der Waals surface area contributed by atoms with E-state index in [1.165, 1.54) is 4.90 Å². The highest BCUT2D eigenvalue weighted by molar-refractivity contribution is 7.88. The molecule has 32 heavy (non-hydrogen) atoms. The summed E-state index contributed by atoms with van der Waals surface area (Å²) in [7, 11) is -3.86. The van der Waals surface area contributed by atoms with Crippen molar-refractivity contribution in [2.75, 3.05) is 12.8 Å². The van der Waals surface area contributed by atoms with Crippen molar-refractivity contribution in [2.45, 2.75) is 49.9 Å². The predicted octanol–water partition coefficient (Wildman–Crippen LogP) is 3.25. The number of rotatable bonds is 7. The number of nitrogens with one attached hydrogen (secondary N) is 1. The molecule has 6 rings (SSSR count). The summed E-state index contributed by atoms with van der Waals surface area (Å²) in [5, 5.41) is 11.1. The first kappa shape index (κ1) is 21.9. The smallest absolute Gasteiger partial charge is 0.278 e. The standard InChI is InChI=1S/C24H28F2N2O3S/c1-32(30,31)27-21-20(11-16-6-5-9-19(10-16)18-7-3-2-4-8-18)28(15-24(21,25)26)22(29)23-12-17(13-23)14-23/h2-10,17,20-22,27,29H,11-15H2,1H3/t17?,20-,21+,22?,23?/m0/s1. The summed E-state index contributed by atoms with van der Waals surface area (Å²) in [4.78, 5) is 1.45. The van der Waals surface area contributed by atoms with Crippen LogP contribution in [0.3, 0.4) is 0 Å². The third-order valence-electron chi connectivity index (χ3n) is 7.43. The lowest BCUT2D eigenvalue weighted by Crippen LogP contribution is -2.65. The molecule has 1 heterocycles. The van der Waals surface area contributed by atoms with Crippen LogP contribution >= 0.6 is 0 Å². The summed E-state index contributed by atoms with van der Waals surface area (Å²) in [5.74, 6) is -2.69. The second-order valence-corrected chi connectivity index (χ2v) is 11.6. The Bertz CT molecular complexity index is 1090. The normalized spacial score (nSPS) is 32.2. The Morgan fingerprint density at radius 2 is 1.75 bits per heavy atom. The van der Waals surface area contributed by atoms with Gasteiger partial charge in [-0.3, -0.25) is 4.90 Å². The van der Waals surface area contributed by atoms with Crippen LogP contribution in [0, 0.1) is 11.3 Å².